The van der Waals surface area contributed by atoms with Crippen LogP contribution in [0.4, 0.5) is 4.39 Å². The summed E-state index contributed by atoms with van der Waals surface area (Å²) in [5.41, 5.74) is 1.10. The van der Waals surface area contributed by atoms with Crippen molar-refractivity contribution in [1.82, 2.24) is 5.32 Å². The molecule has 1 aromatic carbocycles. The maximum absolute atomic E-state index is 13.1. The van der Waals surface area contributed by atoms with E-state index in [4.69, 9.17) is 0 Å². The Labute approximate surface area is 128 Å². The second kappa shape index (κ2) is 9.91. The molecule has 1 aromatic rings. The van der Waals surface area contributed by atoms with E-state index in [1.807, 2.05) is 12.1 Å². The van der Waals surface area contributed by atoms with E-state index in [0.717, 1.165) is 37.7 Å². The molecular formula is C18H30FNO. The van der Waals surface area contributed by atoms with E-state index in [-0.39, 0.29) is 18.0 Å². The van der Waals surface area contributed by atoms with Gasteiger partial charge >= 0.3 is 0 Å². The summed E-state index contributed by atoms with van der Waals surface area (Å²) < 4.78 is 13.1. The molecule has 0 bridgehead atoms. The van der Waals surface area contributed by atoms with Crippen molar-refractivity contribution < 1.29 is 9.50 Å². The molecule has 0 saturated carbocycles. The molecule has 2 atom stereocenters. The van der Waals surface area contributed by atoms with E-state index in [2.05, 4.69) is 26.1 Å². The molecule has 2 nitrogen and oxygen atoms in total. The zero-order valence-corrected chi connectivity index (χ0v) is 13.6. The van der Waals surface area contributed by atoms with Crippen LogP contribution in [0.1, 0.15) is 64.5 Å². The van der Waals surface area contributed by atoms with Crippen LogP contribution in [0.2, 0.25) is 0 Å². The predicted molar refractivity (Wildman–Crippen MR) is 86.7 cm³/mol. The maximum Gasteiger partial charge on any atom is 0.123 e. The molecule has 120 valence electrons. The quantitative estimate of drug-likeness (QED) is 0.668. The average Bonchev–Trinajstić information content (AvgIpc) is 2.50. The summed E-state index contributed by atoms with van der Waals surface area (Å²) in [6.07, 6.45) is 4.94. The molecule has 0 fully saturated rings. The Hall–Kier alpha value is -0.930. The lowest BCUT2D eigenvalue weighted by Crippen LogP contribution is -2.34. The molecule has 0 saturated heterocycles. The summed E-state index contributed by atoms with van der Waals surface area (Å²) in [6, 6.07) is 6.88. The smallest absolute Gasteiger partial charge is 0.123 e. The van der Waals surface area contributed by atoms with Gasteiger partial charge in [-0.1, -0.05) is 58.6 Å². The van der Waals surface area contributed by atoms with Gasteiger partial charge in [0.2, 0.25) is 0 Å². The number of halogens is 1. The molecule has 0 aliphatic rings. The third kappa shape index (κ3) is 6.15. The van der Waals surface area contributed by atoms with Gasteiger partial charge in [-0.05, 0) is 30.0 Å². The minimum Gasteiger partial charge on any atom is -0.392 e. The number of rotatable bonds is 10. The summed E-state index contributed by atoms with van der Waals surface area (Å²) in [7, 11) is 0. The Morgan fingerprint density at radius 1 is 1.10 bits per heavy atom. The molecule has 2 unspecified atom stereocenters. The first-order valence-corrected chi connectivity index (χ1v) is 8.29. The highest BCUT2D eigenvalue weighted by Crippen LogP contribution is 2.21. The SMILES string of the molecule is CCCCC(NCC(O)C(CC)CC)c1ccc(F)cc1. The summed E-state index contributed by atoms with van der Waals surface area (Å²) in [5, 5.41) is 13.7. The van der Waals surface area contributed by atoms with Gasteiger partial charge in [-0.25, -0.2) is 4.39 Å². The molecule has 0 heterocycles. The minimum absolute atomic E-state index is 0.189. The highest BCUT2D eigenvalue weighted by Gasteiger charge is 2.18. The number of hydrogen-bond acceptors (Lipinski definition) is 2. The molecule has 3 heteroatoms. The number of aliphatic hydroxyl groups excluding tert-OH is 1. The van der Waals surface area contributed by atoms with Crippen molar-refractivity contribution in [1.29, 1.82) is 0 Å². The topological polar surface area (TPSA) is 32.3 Å². The van der Waals surface area contributed by atoms with Gasteiger partial charge in [-0.2, -0.15) is 0 Å². The zero-order valence-electron chi connectivity index (χ0n) is 13.6. The second-order valence-electron chi connectivity index (χ2n) is 5.80. The fourth-order valence-corrected chi connectivity index (χ4v) is 2.75. The van der Waals surface area contributed by atoms with Gasteiger partial charge in [-0.15, -0.1) is 0 Å². The van der Waals surface area contributed by atoms with E-state index >= 15 is 0 Å². The standard InChI is InChI=1S/C18H30FNO/c1-4-7-8-17(15-9-11-16(19)12-10-15)20-13-18(21)14(5-2)6-3/h9-12,14,17-18,20-21H,4-8,13H2,1-3H3. The van der Waals surface area contributed by atoms with Gasteiger partial charge in [0.25, 0.3) is 0 Å². The average molecular weight is 295 g/mol. The minimum atomic E-state index is -0.315. The van der Waals surface area contributed by atoms with Crippen LogP contribution in [-0.4, -0.2) is 17.8 Å². The van der Waals surface area contributed by atoms with Gasteiger partial charge in [0.05, 0.1) is 6.10 Å². The Kier molecular flexibility index (Phi) is 8.55. The third-order valence-electron chi connectivity index (χ3n) is 4.29. The normalized spacial score (nSPS) is 14.4. The Balaban J connectivity index is 2.63. The lowest BCUT2D eigenvalue weighted by atomic mass is 9.95. The molecule has 21 heavy (non-hydrogen) atoms. The summed E-state index contributed by atoms with van der Waals surface area (Å²) in [4.78, 5) is 0. The van der Waals surface area contributed by atoms with Crippen molar-refractivity contribution in [3.63, 3.8) is 0 Å². The first-order chi connectivity index (χ1) is 10.1. The molecule has 1 rings (SSSR count). The molecule has 0 radical (unpaired) electrons. The van der Waals surface area contributed by atoms with Crippen molar-refractivity contribution in [2.75, 3.05) is 6.54 Å². The third-order valence-corrected chi connectivity index (χ3v) is 4.29. The van der Waals surface area contributed by atoms with E-state index in [1.54, 1.807) is 0 Å². The highest BCUT2D eigenvalue weighted by atomic mass is 19.1. The summed E-state index contributed by atoms with van der Waals surface area (Å²) in [5.74, 6) is 0.141. The molecule has 0 amide bonds. The lowest BCUT2D eigenvalue weighted by Gasteiger charge is -2.25. The van der Waals surface area contributed by atoms with Crippen LogP contribution >= 0.6 is 0 Å². The van der Waals surface area contributed by atoms with Crippen molar-refractivity contribution in [2.24, 2.45) is 5.92 Å². The molecule has 0 aliphatic heterocycles. The summed E-state index contributed by atoms with van der Waals surface area (Å²) in [6.45, 7) is 7.00. The number of benzene rings is 1. The number of aliphatic hydroxyl groups is 1. The molecule has 2 N–H and O–H groups in total. The second-order valence-corrected chi connectivity index (χ2v) is 5.80. The predicted octanol–water partition coefficient (Wildman–Crippen LogP) is 4.44. The van der Waals surface area contributed by atoms with Crippen LogP contribution in [0, 0.1) is 11.7 Å². The first kappa shape index (κ1) is 18.1. The first-order valence-electron chi connectivity index (χ1n) is 8.29. The van der Waals surface area contributed by atoms with Crippen molar-refractivity contribution >= 4 is 0 Å². The van der Waals surface area contributed by atoms with Crippen molar-refractivity contribution in [2.45, 2.75) is 65.0 Å². The lowest BCUT2D eigenvalue weighted by molar-refractivity contribution is 0.0977. The fraction of sp³-hybridized carbons (Fsp3) is 0.667. The Bertz CT molecular complexity index is 375. The zero-order chi connectivity index (χ0) is 15.7. The van der Waals surface area contributed by atoms with Gasteiger partial charge in [-0.3, -0.25) is 0 Å². The molecular weight excluding hydrogens is 265 g/mol. The number of hydrogen-bond donors (Lipinski definition) is 2. The van der Waals surface area contributed by atoms with Crippen LogP contribution in [0.5, 0.6) is 0 Å². The van der Waals surface area contributed by atoms with Crippen LogP contribution in [0.25, 0.3) is 0 Å². The molecule has 0 spiro atoms. The fourth-order valence-electron chi connectivity index (χ4n) is 2.75. The van der Waals surface area contributed by atoms with E-state index in [1.165, 1.54) is 12.1 Å². The van der Waals surface area contributed by atoms with Gasteiger partial charge < -0.3 is 10.4 Å². The number of unbranched alkanes of at least 4 members (excludes halogenated alkanes) is 1. The van der Waals surface area contributed by atoms with Gasteiger partial charge in [0, 0.05) is 12.6 Å². The van der Waals surface area contributed by atoms with Crippen molar-refractivity contribution in [3.05, 3.63) is 35.6 Å². The maximum atomic E-state index is 13.1. The van der Waals surface area contributed by atoms with Crippen LogP contribution < -0.4 is 5.32 Å². The van der Waals surface area contributed by atoms with Crippen molar-refractivity contribution in [3.8, 4) is 0 Å². The molecule has 0 aromatic heterocycles. The van der Waals surface area contributed by atoms with Gasteiger partial charge in [0.1, 0.15) is 5.82 Å². The largest absolute Gasteiger partial charge is 0.392 e. The Morgan fingerprint density at radius 3 is 2.24 bits per heavy atom. The Morgan fingerprint density at radius 2 is 1.71 bits per heavy atom. The molecule has 0 aliphatic carbocycles. The van der Waals surface area contributed by atoms with Crippen LogP contribution in [-0.2, 0) is 0 Å². The monoisotopic (exact) mass is 295 g/mol. The number of nitrogens with one attached hydrogen (secondary N) is 1. The van der Waals surface area contributed by atoms with Crippen LogP contribution in [0.15, 0.2) is 24.3 Å². The van der Waals surface area contributed by atoms with Gasteiger partial charge in [0.15, 0.2) is 0 Å². The van der Waals surface area contributed by atoms with E-state index < -0.39 is 0 Å². The highest BCUT2D eigenvalue weighted by molar-refractivity contribution is 5.19. The van der Waals surface area contributed by atoms with E-state index in [0.29, 0.717) is 12.5 Å². The summed E-state index contributed by atoms with van der Waals surface area (Å²) >= 11 is 0. The van der Waals surface area contributed by atoms with E-state index in [9.17, 15) is 9.50 Å². The van der Waals surface area contributed by atoms with Crippen LogP contribution in [0.3, 0.4) is 0 Å².